The molecule has 2 aromatic rings. The number of hydrogen-bond acceptors (Lipinski definition) is 3. The smallest absolute Gasteiger partial charge is 0.340 e. The average Bonchev–Trinajstić information content (AvgIpc) is 2.63. The number of benzene rings is 1. The number of halogens is 1. The van der Waals surface area contributed by atoms with Crippen LogP contribution in [-0.2, 0) is 7.05 Å². The summed E-state index contributed by atoms with van der Waals surface area (Å²) in [5, 5.41) is 15.7. The van der Waals surface area contributed by atoms with Crippen LogP contribution in [0.2, 0.25) is 0 Å². The Bertz CT molecular complexity index is 566. The van der Waals surface area contributed by atoms with Crippen LogP contribution in [0, 0.1) is 5.82 Å². The molecule has 6 heteroatoms. The largest absolute Gasteiger partial charge is 0.478 e. The van der Waals surface area contributed by atoms with E-state index in [0.29, 0.717) is 5.69 Å². The summed E-state index contributed by atoms with van der Waals surface area (Å²) in [6.07, 6.45) is 3.19. The number of aromatic nitrogens is 2. The monoisotopic (exact) mass is 235 g/mol. The highest BCUT2D eigenvalue weighted by atomic mass is 19.1. The maximum Gasteiger partial charge on any atom is 0.340 e. The normalized spacial score (nSPS) is 10.2. The molecule has 1 aromatic carbocycles. The van der Waals surface area contributed by atoms with Gasteiger partial charge in [0.05, 0.1) is 17.6 Å². The van der Waals surface area contributed by atoms with Crippen molar-refractivity contribution in [2.75, 3.05) is 5.32 Å². The maximum atomic E-state index is 13.4. The minimum Gasteiger partial charge on any atom is -0.478 e. The van der Waals surface area contributed by atoms with E-state index in [1.54, 1.807) is 17.9 Å². The van der Waals surface area contributed by atoms with E-state index in [1.807, 2.05) is 0 Å². The molecule has 0 fully saturated rings. The number of aromatic carboxylic acids is 1. The molecule has 17 heavy (non-hydrogen) atoms. The molecule has 2 rings (SSSR count). The van der Waals surface area contributed by atoms with Crippen LogP contribution in [0.5, 0.6) is 0 Å². The Morgan fingerprint density at radius 2 is 2.29 bits per heavy atom. The number of carboxylic acid groups (broad SMARTS) is 1. The number of carboxylic acids is 1. The summed E-state index contributed by atoms with van der Waals surface area (Å²) in [6.45, 7) is 0. The van der Waals surface area contributed by atoms with E-state index in [9.17, 15) is 9.18 Å². The quantitative estimate of drug-likeness (QED) is 0.853. The molecule has 0 aliphatic heterocycles. The van der Waals surface area contributed by atoms with E-state index in [2.05, 4.69) is 10.4 Å². The zero-order valence-electron chi connectivity index (χ0n) is 9.01. The second-order valence-electron chi connectivity index (χ2n) is 3.50. The molecular weight excluding hydrogens is 225 g/mol. The van der Waals surface area contributed by atoms with Crippen molar-refractivity contribution >= 4 is 17.3 Å². The summed E-state index contributed by atoms with van der Waals surface area (Å²) < 4.78 is 14.9. The SMILES string of the molecule is Cn1cc(Nc2cccc(F)c2C(=O)O)cn1. The van der Waals surface area contributed by atoms with E-state index in [0.717, 1.165) is 6.07 Å². The molecule has 0 saturated carbocycles. The summed E-state index contributed by atoms with van der Waals surface area (Å²) in [4.78, 5) is 10.9. The molecule has 2 N–H and O–H groups in total. The summed E-state index contributed by atoms with van der Waals surface area (Å²) >= 11 is 0. The molecule has 0 radical (unpaired) electrons. The van der Waals surface area contributed by atoms with Crippen LogP contribution in [-0.4, -0.2) is 20.9 Å². The molecule has 0 aliphatic rings. The number of aryl methyl sites for hydroxylation is 1. The molecule has 0 saturated heterocycles. The highest BCUT2D eigenvalue weighted by Gasteiger charge is 2.15. The Morgan fingerprint density at radius 1 is 1.53 bits per heavy atom. The van der Waals surface area contributed by atoms with Crippen LogP contribution in [0.4, 0.5) is 15.8 Å². The maximum absolute atomic E-state index is 13.4. The van der Waals surface area contributed by atoms with Gasteiger partial charge >= 0.3 is 5.97 Å². The molecule has 5 nitrogen and oxygen atoms in total. The fourth-order valence-electron chi connectivity index (χ4n) is 1.49. The number of hydrogen-bond donors (Lipinski definition) is 2. The van der Waals surface area contributed by atoms with Gasteiger partial charge in [-0.1, -0.05) is 6.07 Å². The third kappa shape index (κ3) is 2.25. The van der Waals surface area contributed by atoms with Crippen LogP contribution in [0.15, 0.2) is 30.6 Å². The zero-order chi connectivity index (χ0) is 12.4. The highest BCUT2D eigenvalue weighted by molar-refractivity contribution is 5.95. The van der Waals surface area contributed by atoms with Gasteiger partial charge in [0.1, 0.15) is 11.4 Å². The molecular formula is C11H10FN3O2. The van der Waals surface area contributed by atoms with E-state index < -0.39 is 11.8 Å². The van der Waals surface area contributed by atoms with Gasteiger partial charge in [-0.3, -0.25) is 4.68 Å². The molecule has 0 spiro atoms. The molecule has 0 unspecified atom stereocenters. The van der Waals surface area contributed by atoms with Crippen molar-refractivity contribution in [3.63, 3.8) is 0 Å². The first kappa shape index (κ1) is 11.1. The minimum atomic E-state index is -1.31. The van der Waals surface area contributed by atoms with Crippen LogP contribution in [0.3, 0.4) is 0 Å². The van der Waals surface area contributed by atoms with Crippen molar-refractivity contribution in [3.8, 4) is 0 Å². The lowest BCUT2D eigenvalue weighted by atomic mass is 10.1. The van der Waals surface area contributed by atoms with Gasteiger partial charge in [-0.05, 0) is 12.1 Å². The predicted molar refractivity (Wildman–Crippen MR) is 59.9 cm³/mol. The first-order chi connectivity index (χ1) is 8.08. The van der Waals surface area contributed by atoms with Gasteiger partial charge in [-0.25, -0.2) is 9.18 Å². The van der Waals surface area contributed by atoms with Crippen LogP contribution >= 0.6 is 0 Å². The summed E-state index contributed by atoms with van der Waals surface area (Å²) in [6, 6.07) is 4.05. The van der Waals surface area contributed by atoms with Crippen LogP contribution < -0.4 is 5.32 Å². The molecule has 0 amide bonds. The van der Waals surface area contributed by atoms with Crippen LogP contribution in [0.25, 0.3) is 0 Å². The number of nitrogens with zero attached hydrogens (tertiary/aromatic N) is 2. The number of anilines is 2. The summed E-state index contributed by atoms with van der Waals surface area (Å²) in [5.74, 6) is -2.08. The van der Waals surface area contributed by atoms with Gasteiger partial charge in [0.15, 0.2) is 0 Å². The lowest BCUT2D eigenvalue weighted by Crippen LogP contribution is -2.05. The van der Waals surface area contributed by atoms with Gasteiger partial charge in [0, 0.05) is 13.2 Å². The lowest BCUT2D eigenvalue weighted by Gasteiger charge is -2.07. The zero-order valence-corrected chi connectivity index (χ0v) is 9.01. The van der Waals surface area contributed by atoms with Crippen LogP contribution in [0.1, 0.15) is 10.4 Å². The molecule has 1 heterocycles. The second kappa shape index (κ2) is 4.25. The van der Waals surface area contributed by atoms with Gasteiger partial charge in [0.2, 0.25) is 0 Å². The summed E-state index contributed by atoms with van der Waals surface area (Å²) in [7, 11) is 1.73. The standard InChI is InChI=1S/C11H10FN3O2/c1-15-6-7(5-13-15)14-9-4-2-3-8(12)10(9)11(16)17/h2-6,14H,1H3,(H,16,17). The Labute approximate surface area is 96.5 Å². The molecule has 88 valence electrons. The first-order valence-corrected chi connectivity index (χ1v) is 4.85. The van der Waals surface area contributed by atoms with E-state index >= 15 is 0 Å². The van der Waals surface area contributed by atoms with Crippen molar-refractivity contribution in [1.82, 2.24) is 9.78 Å². The van der Waals surface area contributed by atoms with Crippen molar-refractivity contribution in [2.24, 2.45) is 7.05 Å². The van der Waals surface area contributed by atoms with Gasteiger partial charge in [-0.2, -0.15) is 5.10 Å². The lowest BCUT2D eigenvalue weighted by molar-refractivity contribution is 0.0693. The molecule has 0 bridgehead atoms. The van der Waals surface area contributed by atoms with Gasteiger partial charge in [-0.15, -0.1) is 0 Å². The average molecular weight is 235 g/mol. The molecule has 1 aromatic heterocycles. The first-order valence-electron chi connectivity index (χ1n) is 4.85. The van der Waals surface area contributed by atoms with Crippen molar-refractivity contribution < 1.29 is 14.3 Å². The molecule has 0 atom stereocenters. The highest BCUT2D eigenvalue weighted by Crippen LogP contribution is 2.22. The van der Waals surface area contributed by atoms with E-state index in [1.165, 1.54) is 18.3 Å². The minimum absolute atomic E-state index is 0.200. The topological polar surface area (TPSA) is 67.2 Å². The van der Waals surface area contributed by atoms with Gasteiger partial charge < -0.3 is 10.4 Å². The number of carbonyl (C=O) groups is 1. The Hall–Kier alpha value is -2.37. The van der Waals surface area contributed by atoms with E-state index in [-0.39, 0.29) is 11.3 Å². The second-order valence-corrected chi connectivity index (χ2v) is 3.50. The summed E-state index contributed by atoms with van der Waals surface area (Å²) in [5.41, 5.74) is 0.419. The third-order valence-corrected chi connectivity index (χ3v) is 2.21. The fraction of sp³-hybridized carbons (Fsp3) is 0.0909. The van der Waals surface area contributed by atoms with Crippen molar-refractivity contribution in [1.29, 1.82) is 0 Å². The fourth-order valence-corrected chi connectivity index (χ4v) is 1.49. The van der Waals surface area contributed by atoms with Crippen molar-refractivity contribution in [3.05, 3.63) is 42.0 Å². The van der Waals surface area contributed by atoms with Crippen molar-refractivity contribution in [2.45, 2.75) is 0 Å². The Balaban J connectivity index is 2.39. The Morgan fingerprint density at radius 3 is 2.88 bits per heavy atom. The number of nitrogens with one attached hydrogen (secondary N) is 1. The van der Waals surface area contributed by atoms with Gasteiger partial charge in [0.25, 0.3) is 0 Å². The predicted octanol–water partition coefficient (Wildman–Crippen LogP) is 2.00. The Kier molecular flexibility index (Phi) is 2.78. The number of rotatable bonds is 3. The third-order valence-electron chi connectivity index (χ3n) is 2.21. The molecule has 0 aliphatic carbocycles. The van der Waals surface area contributed by atoms with E-state index in [4.69, 9.17) is 5.11 Å².